The van der Waals surface area contributed by atoms with Gasteiger partial charge in [-0.05, 0) is 67.6 Å². The lowest BCUT2D eigenvalue weighted by Gasteiger charge is -2.35. The Kier molecular flexibility index (Phi) is 6.69. The van der Waals surface area contributed by atoms with Crippen LogP contribution in [0.25, 0.3) is 5.76 Å². The van der Waals surface area contributed by atoms with Crippen LogP contribution in [0.2, 0.25) is 0 Å². The first kappa shape index (κ1) is 23.9. The second-order valence-corrected chi connectivity index (χ2v) is 9.62. The predicted molar refractivity (Wildman–Crippen MR) is 134 cm³/mol. The Balaban J connectivity index is 1.89. The molecule has 34 heavy (non-hydrogen) atoms. The first-order chi connectivity index (χ1) is 16.2. The van der Waals surface area contributed by atoms with Gasteiger partial charge in [-0.2, -0.15) is 0 Å². The molecule has 1 atom stereocenters. The van der Waals surface area contributed by atoms with Crippen molar-refractivity contribution in [1.82, 2.24) is 4.90 Å². The molecule has 2 aliphatic rings. The Labute approximate surface area is 201 Å². The van der Waals surface area contributed by atoms with Crippen molar-refractivity contribution in [3.05, 3.63) is 64.2 Å². The van der Waals surface area contributed by atoms with Gasteiger partial charge in [0, 0.05) is 31.4 Å². The molecule has 1 aliphatic heterocycles. The fourth-order valence-corrected chi connectivity index (χ4v) is 5.28. The molecule has 0 bridgehead atoms. The van der Waals surface area contributed by atoms with Crippen molar-refractivity contribution in [2.75, 3.05) is 26.1 Å². The molecule has 0 aromatic heterocycles. The molecule has 2 aromatic carbocycles. The second kappa shape index (κ2) is 9.53. The summed E-state index contributed by atoms with van der Waals surface area (Å²) in [5, 5.41) is 11.5. The van der Waals surface area contributed by atoms with Crippen LogP contribution in [0.4, 0.5) is 5.69 Å². The molecule has 2 aromatic rings. The van der Waals surface area contributed by atoms with E-state index in [9.17, 15) is 14.7 Å². The maximum atomic E-state index is 13.4. The zero-order valence-corrected chi connectivity index (χ0v) is 20.7. The van der Waals surface area contributed by atoms with E-state index in [4.69, 9.17) is 4.74 Å². The van der Waals surface area contributed by atoms with Crippen LogP contribution in [0.5, 0.6) is 5.75 Å². The van der Waals surface area contributed by atoms with Gasteiger partial charge in [-0.1, -0.05) is 31.4 Å². The molecule has 1 N–H and O–H groups in total. The lowest BCUT2D eigenvalue weighted by molar-refractivity contribution is -0.141. The molecule has 1 saturated heterocycles. The zero-order valence-electron chi connectivity index (χ0n) is 20.7. The first-order valence-electron chi connectivity index (χ1n) is 12.0. The number of amides is 1. The van der Waals surface area contributed by atoms with Crippen LogP contribution in [0, 0.1) is 13.8 Å². The smallest absolute Gasteiger partial charge is 0.295 e. The average Bonchev–Trinajstić information content (AvgIpc) is 3.10. The maximum absolute atomic E-state index is 13.4. The number of Topliss-reactive ketones (excluding diaryl/α,β-unsaturated/α-hetero) is 1. The quantitative estimate of drug-likeness (QED) is 0.379. The zero-order chi connectivity index (χ0) is 24.6. The molecule has 1 saturated carbocycles. The summed E-state index contributed by atoms with van der Waals surface area (Å²) in [6.07, 6.45) is 4.97. The molecule has 0 radical (unpaired) electrons. The van der Waals surface area contributed by atoms with Gasteiger partial charge in [0.1, 0.15) is 11.5 Å². The minimum atomic E-state index is -0.613. The molecule has 180 valence electrons. The molecule has 6 heteroatoms. The molecule has 1 heterocycles. The van der Waals surface area contributed by atoms with Gasteiger partial charge in [-0.15, -0.1) is 0 Å². The van der Waals surface area contributed by atoms with Gasteiger partial charge in [0.05, 0.1) is 18.7 Å². The van der Waals surface area contributed by atoms with Gasteiger partial charge in [-0.3, -0.25) is 9.59 Å². The number of ketones is 1. The minimum Gasteiger partial charge on any atom is -0.507 e. The number of benzene rings is 2. The van der Waals surface area contributed by atoms with Crippen LogP contribution in [0.3, 0.4) is 0 Å². The Hall–Kier alpha value is -3.28. The highest BCUT2D eigenvalue weighted by atomic mass is 16.5. The first-order valence-corrected chi connectivity index (χ1v) is 12.0. The molecule has 1 aliphatic carbocycles. The number of anilines is 1. The number of hydrogen-bond acceptors (Lipinski definition) is 5. The predicted octanol–water partition coefficient (Wildman–Crippen LogP) is 5.13. The molecular formula is C28H34N2O4. The van der Waals surface area contributed by atoms with Crippen molar-refractivity contribution in [3.63, 3.8) is 0 Å². The lowest BCUT2D eigenvalue weighted by Crippen LogP contribution is -2.40. The van der Waals surface area contributed by atoms with Crippen molar-refractivity contribution in [1.29, 1.82) is 0 Å². The number of ether oxygens (including phenoxy) is 1. The number of hydrogen-bond donors (Lipinski definition) is 1. The highest BCUT2D eigenvalue weighted by Gasteiger charge is 2.49. The van der Waals surface area contributed by atoms with Crippen molar-refractivity contribution in [2.45, 2.75) is 58.0 Å². The number of carbonyl (C=O) groups excluding carboxylic acids is 2. The summed E-state index contributed by atoms with van der Waals surface area (Å²) in [5.74, 6) is -0.537. The SMILES string of the molecule is COc1cc(C)c(/C(O)=C2\C(=O)C(=O)N(C3CCCCC3)C2c2ccc(N(C)C)cc2)cc1C. The van der Waals surface area contributed by atoms with E-state index in [1.165, 1.54) is 0 Å². The summed E-state index contributed by atoms with van der Waals surface area (Å²) >= 11 is 0. The van der Waals surface area contributed by atoms with E-state index in [-0.39, 0.29) is 17.4 Å². The van der Waals surface area contributed by atoms with E-state index in [1.807, 2.05) is 69.2 Å². The molecule has 6 nitrogen and oxygen atoms in total. The molecule has 1 amide bonds. The minimum absolute atomic E-state index is 0.00674. The summed E-state index contributed by atoms with van der Waals surface area (Å²) in [4.78, 5) is 30.5. The summed E-state index contributed by atoms with van der Waals surface area (Å²) in [7, 11) is 5.55. The fraction of sp³-hybridized carbons (Fsp3) is 0.429. The topological polar surface area (TPSA) is 70.1 Å². The van der Waals surface area contributed by atoms with Crippen molar-refractivity contribution < 1.29 is 19.4 Å². The van der Waals surface area contributed by atoms with E-state index < -0.39 is 17.7 Å². The summed E-state index contributed by atoms with van der Waals surface area (Å²) in [5.41, 5.74) is 4.21. The summed E-state index contributed by atoms with van der Waals surface area (Å²) in [6.45, 7) is 3.77. The molecular weight excluding hydrogens is 428 g/mol. The third-order valence-electron chi connectivity index (χ3n) is 7.17. The van der Waals surface area contributed by atoms with Gasteiger partial charge in [0.2, 0.25) is 0 Å². The number of aliphatic hydroxyl groups excluding tert-OH is 1. The Bertz CT molecular complexity index is 1130. The number of aliphatic hydroxyl groups is 1. The number of nitrogens with zero attached hydrogens (tertiary/aromatic N) is 2. The number of rotatable bonds is 5. The molecule has 4 rings (SSSR count). The Morgan fingerprint density at radius 3 is 2.24 bits per heavy atom. The fourth-order valence-electron chi connectivity index (χ4n) is 5.28. The summed E-state index contributed by atoms with van der Waals surface area (Å²) in [6, 6.07) is 10.9. The third kappa shape index (κ3) is 4.17. The van der Waals surface area contributed by atoms with Gasteiger partial charge in [0.25, 0.3) is 11.7 Å². The van der Waals surface area contributed by atoms with Gasteiger partial charge in [-0.25, -0.2) is 0 Å². The van der Waals surface area contributed by atoms with Gasteiger partial charge in [0.15, 0.2) is 0 Å². The number of methoxy groups -OCH3 is 1. The Morgan fingerprint density at radius 1 is 1.00 bits per heavy atom. The van der Waals surface area contributed by atoms with E-state index in [1.54, 1.807) is 12.0 Å². The monoisotopic (exact) mass is 462 g/mol. The van der Waals surface area contributed by atoms with Crippen LogP contribution in [0.15, 0.2) is 42.0 Å². The molecule has 2 fully saturated rings. The highest BCUT2D eigenvalue weighted by molar-refractivity contribution is 6.46. The standard InChI is InChI=1S/C28H34N2O4/c1-17-16-23(34-5)18(2)15-22(17)26(31)24-25(19-11-13-20(14-12-19)29(3)4)30(28(33)27(24)32)21-9-7-6-8-10-21/h11-16,21,25,31H,6-10H2,1-5H3/b26-24+. The van der Waals surface area contributed by atoms with Crippen molar-refractivity contribution >= 4 is 23.1 Å². The second-order valence-electron chi connectivity index (χ2n) is 9.62. The van der Waals surface area contributed by atoms with Crippen LogP contribution in [0.1, 0.15) is 60.4 Å². The van der Waals surface area contributed by atoms with Crippen molar-refractivity contribution in [3.8, 4) is 5.75 Å². The molecule has 1 unspecified atom stereocenters. The van der Waals surface area contributed by atoms with E-state index in [2.05, 4.69) is 0 Å². The maximum Gasteiger partial charge on any atom is 0.295 e. The summed E-state index contributed by atoms with van der Waals surface area (Å²) < 4.78 is 5.41. The van der Waals surface area contributed by atoms with E-state index in [0.29, 0.717) is 11.3 Å². The molecule has 0 spiro atoms. The van der Waals surface area contributed by atoms with Gasteiger partial charge >= 0.3 is 0 Å². The van der Waals surface area contributed by atoms with Crippen LogP contribution in [-0.4, -0.2) is 48.9 Å². The average molecular weight is 463 g/mol. The number of aryl methyl sites for hydroxylation is 2. The van der Waals surface area contributed by atoms with E-state index >= 15 is 0 Å². The van der Waals surface area contributed by atoms with Crippen LogP contribution >= 0.6 is 0 Å². The normalized spacial score (nSPS) is 20.6. The highest BCUT2D eigenvalue weighted by Crippen LogP contribution is 2.44. The Morgan fingerprint density at radius 2 is 1.65 bits per heavy atom. The number of carbonyl (C=O) groups is 2. The van der Waals surface area contributed by atoms with Crippen molar-refractivity contribution in [2.24, 2.45) is 0 Å². The van der Waals surface area contributed by atoms with E-state index in [0.717, 1.165) is 54.5 Å². The van der Waals surface area contributed by atoms with Gasteiger partial charge < -0.3 is 19.6 Å². The van der Waals surface area contributed by atoms with Crippen LogP contribution in [-0.2, 0) is 9.59 Å². The largest absolute Gasteiger partial charge is 0.507 e. The number of likely N-dealkylation sites (tertiary alicyclic amines) is 1. The van der Waals surface area contributed by atoms with Crippen LogP contribution < -0.4 is 9.64 Å². The third-order valence-corrected chi connectivity index (χ3v) is 7.17. The lowest BCUT2D eigenvalue weighted by atomic mass is 9.90.